The molecule has 1 heterocycles. The highest BCUT2D eigenvalue weighted by atomic mass is 16.5. The van der Waals surface area contributed by atoms with Crippen molar-refractivity contribution in [2.24, 2.45) is 0 Å². The quantitative estimate of drug-likeness (QED) is 0.435. The van der Waals surface area contributed by atoms with Gasteiger partial charge in [-0.3, -0.25) is 14.5 Å². The van der Waals surface area contributed by atoms with Gasteiger partial charge >= 0.3 is 12.1 Å². The fourth-order valence-electron chi connectivity index (χ4n) is 5.50. The summed E-state index contributed by atoms with van der Waals surface area (Å²) in [5.74, 6) is -1.40. The van der Waals surface area contributed by atoms with E-state index in [4.69, 9.17) is 4.74 Å². The molecule has 1 fully saturated rings. The van der Waals surface area contributed by atoms with Crippen molar-refractivity contribution < 1.29 is 24.2 Å². The molecule has 3 aromatic rings. The Morgan fingerprint density at radius 3 is 2.05 bits per heavy atom. The van der Waals surface area contributed by atoms with E-state index in [9.17, 15) is 19.5 Å². The highest BCUT2D eigenvalue weighted by Gasteiger charge is 2.32. The second kappa shape index (κ2) is 12.1. The summed E-state index contributed by atoms with van der Waals surface area (Å²) in [5.41, 5.74) is 5.66. The van der Waals surface area contributed by atoms with Crippen molar-refractivity contribution in [1.82, 2.24) is 15.1 Å². The molecule has 39 heavy (non-hydrogen) atoms. The Bertz CT molecular complexity index is 1280. The number of aliphatic carboxylic acids is 1. The molecule has 0 saturated carbocycles. The van der Waals surface area contributed by atoms with Crippen molar-refractivity contribution >= 4 is 18.0 Å². The number of amides is 2. The lowest BCUT2D eigenvalue weighted by molar-refractivity contribution is -0.138. The molecule has 2 N–H and O–H groups in total. The van der Waals surface area contributed by atoms with E-state index in [1.165, 1.54) is 5.56 Å². The third kappa shape index (κ3) is 6.29. The molecular formula is C31H33N3O5. The summed E-state index contributed by atoms with van der Waals surface area (Å²) in [6, 6.07) is 25.3. The highest BCUT2D eigenvalue weighted by molar-refractivity contribution is 5.86. The summed E-state index contributed by atoms with van der Waals surface area (Å²) in [6.07, 6.45) is -0.945. The van der Waals surface area contributed by atoms with Gasteiger partial charge in [-0.05, 0) is 34.2 Å². The molecule has 2 aliphatic rings. The van der Waals surface area contributed by atoms with Crippen LogP contribution in [0.3, 0.4) is 0 Å². The number of hydrogen-bond acceptors (Lipinski definition) is 5. The van der Waals surface area contributed by atoms with Gasteiger partial charge in [-0.15, -0.1) is 0 Å². The van der Waals surface area contributed by atoms with Crippen LogP contribution in [-0.2, 0) is 20.9 Å². The number of benzene rings is 3. The molecule has 1 aliphatic carbocycles. The monoisotopic (exact) mass is 527 g/mol. The fraction of sp³-hybridized carbons (Fsp3) is 0.323. The number of alkyl carbamates (subject to hydrolysis) is 1. The molecule has 0 spiro atoms. The fourth-order valence-corrected chi connectivity index (χ4v) is 5.50. The predicted molar refractivity (Wildman–Crippen MR) is 147 cm³/mol. The molecule has 1 unspecified atom stereocenters. The van der Waals surface area contributed by atoms with Crippen LogP contribution in [0.25, 0.3) is 11.1 Å². The second-order valence-corrected chi connectivity index (χ2v) is 10.0. The van der Waals surface area contributed by atoms with Crippen molar-refractivity contribution in [2.45, 2.75) is 31.3 Å². The number of fused-ring (bicyclic) bond motifs is 3. The minimum atomic E-state index is -1.02. The predicted octanol–water partition coefficient (Wildman–Crippen LogP) is 4.10. The Morgan fingerprint density at radius 2 is 1.44 bits per heavy atom. The Labute approximate surface area is 228 Å². The smallest absolute Gasteiger partial charge is 0.407 e. The van der Waals surface area contributed by atoms with E-state index in [1.807, 2.05) is 54.6 Å². The van der Waals surface area contributed by atoms with Crippen LogP contribution in [0.5, 0.6) is 0 Å². The van der Waals surface area contributed by atoms with E-state index in [-0.39, 0.29) is 31.3 Å². The van der Waals surface area contributed by atoms with Crippen LogP contribution in [0, 0.1) is 0 Å². The molecule has 3 aromatic carbocycles. The Hall–Kier alpha value is -4.17. The number of hydrogen-bond donors (Lipinski definition) is 2. The zero-order valence-corrected chi connectivity index (χ0v) is 21.8. The van der Waals surface area contributed by atoms with Gasteiger partial charge in [0.2, 0.25) is 5.91 Å². The average Bonchev–Trinajstić information content (AvgIpc) is 3.28. The first kappa shape index (κ1) is 26.4. The number of piperazine rings is 1. The Balaban J connectivity index is 1.18. The molecule has 5 rings (SSSR count). The number of ether oxygens (including phenoxy) is 1. The van der Waals surface area contributed by atoms with Crippen LogP contribution in [0.1, 0.15) is 35.4 Å². The molecule has 1 aliphatic heterocycles. The topological polar surface area (TPSA) is 99.2 Å². The minimum Gasteiger partial charge on any atom is -0.481 e. The number of carbonyl (C=O) groups excluding carboxylic acids is 2. The van der Waals surface area contributed by atoms with Gasteiger partial charge in [-0.1, -0.05) is 78.9 Å². The third-order valence-corrected chi connectivity index (χ3v) is 7.51. The Kier molecular flexibility index (Phi) is 8.22. The highest BCUT2D eigenvalue weighted by Crippen LogP contribution is 2.44. The van der Waals surface area contributed by atoms with Gasteiger partial charge < -0.3 is 20.1 Å². The van der Waals surface area contributed by atoms with Gasteiger partial charge in [-0.2, -0.15) is 0 Å². The molecule has 202 valence electrons. The third-order valence-electron chi connectivity index (χ3n) is 7.51. The maximum atomic E-state index is 13.3. The largest absolute Gasteiger partial charge is 0.481 e. The first-order chi connectivity index (χ1) is 19.0. The van der Waals surface area contributed by atoms with Crippen molar-refractivity contribution in [3.8, 4) is 11.1 Å². The van der Waals surface area contributed by atoms with E-state index in [2.05, 4.69) is 34.5 Å². The number of carboxylic acids is 1. The molecule has 1 saturated heterocycles. The first-order valence-electron chi connectivity index (χ1n) is 13.4. The molecule has 1 atom stereocenters. The van der Waals surface area contributed by atoms with Gasteiger partial charge in [0, 0.05) is 45.1 Å². The van der Waals surface area contributed by atoms with Crippen LogP contribution in [0.2, 0.25) is 0 Å². The molecular weight excluding hydrogens is 494 g/mol. The summed E-state index contributed by atoms with van der Waals surface area (Å²) in [7, 11) is 0. The minimum absolute atomic E-state index is 0.00257. The van der Waals surface area contributed by atoms with Gasteiger partial charge in [0.05, 0.1) is 0 Å². The van der Waals surface area contributed by atoms with Gasteiger partial charge in [-0.25, -0.2) is 4.79 Å². The zero-order chi connectivity index (χ0) is 27.2. The lowest BCUT2D eigenvalue weighted by Gasteiger charge is -2.36. The second-order valence-electron chi connectivity index (χ2n) is 10.0. The number of nitrogens with one attached hydrogen (secondary N) is 1. The Morgan fingerprint density at radius 1 is 0.846 bits per heavy atom. The standard InChI is InChI=1S/C31H33N3O5/c35-29(36)15-14-28(30(37)34-18-16-33(17-19-34)20-22-8-2-1-3-9-22)32-31(38)39-21-27-25-12-6-4-10-23(25)24-11-5-7-13-26(24)27/h1-13,27-28H,14-21H2,(H,32,38)(H,35,36). The summed E-state index contributed by atoms with van der Waals surface area (Å²) < 4.78 is 5.62. The van der Waals surface area contributed by atoms with Gasteiger partial charge in [0.1, 0.15) is 12.6 Å². The van der Waals surface area contributed by atoms with Crippen LogP contribution >= 0.6 is 0 Å². The number of carbonyl (C=O) groups is 3. The van der Waals surface area contributed by atoms with E-state index in [0.717, 1.165) is 28.8 Å². The maximum Gasteiger partial charge on any atom is 0.407 e. The van der Waals surface area contributed by atoms with E-state index in [0.29, 0.717) is 26.2 Å². The summed E-state index contributed by atoms with van der Waals surface area (Å²) in [4.78, 5) is 41.5. The number of nitrogens with zero attached hydrogens (tertiary/aromatic N) is 2. The van der Waals surface area contributed by atoms with Crippen molar-refractivity contribution in [1.29, 1.82) is 0 Å². The normalized spacial score (nSPS) is 15.7. The lowest BCUT2D eigenvalue weighted by atomic mass is 9.98. The van der Waals surface area contributed by atoms with Crippen molar-refractivity contribution in [2.75, 3.05) is 32.8 Å². The molecule has 0 aromatic heterocycles. The molecule has 0 radical (unpaired) electrons. The summed E-state index contributed by atoms with van der Waals surface area (Å²) in [6.45, 7) is 3.37. The lowest BCUT2D eigenvalue weighted by Crippen LogP contribution is -2.55. The van der Waals surface area contributed by atoms with Crippen LogP contribution in [-0.4, -0.2) is 71.7 Å². The van der Waals surface area contributed by atoms with E-state index in [1.54, 1.807) is 4.90 Å². The zero-order valence-electron chi connectivity index (χ0n) is 21.8. The maximum absolute atomic E-state index is 13.3. The van der Waals surface area contributed by atoms with Crippen LogP contribution in [0.4, 0.5) is 4.79 Å². The van der Waals surface area contributed by atoms with Crippen LogP contribution < -0.4 is 5.32 Å². The summed E-state index contributed by atoms with van der Waals surface area (Å²) in [5, 5.41) is 11.9. The molecule has 8 heteroatoms. The SMILES string of the molecule is O=C(O)CCC(NC(=O)OCC1c2ccccc2-c2ccccc21)C(=O)N1CCN(Cc2ccccc2)CC1. The summed E-state index contributed by atoms with van der Waals surface area (Å²) >= 11 is 0. The van der Waals surface area contributed by atoms with Crippen LogP contribution in [0.15, 0.2) is 78.9 Å². The van der Waals surface area contributed by atoms with E-state index < -0.39 is 18.1 Å². The molecule has 2 amide bonds. The first-order valence-corrected chi connectivity index (χ1v) is 13.4. The molecule has 8 nitrogen and oxygen atoms in total. The number of rotatable bonds is 9. The van der Waals surface area contributed by atoms with Crippen molar-refractivity contribution in [3.05, 3.63) is 95.6 Å². The van der Waals surface area contributed by atoms with E-state index >= 15 is 0 Å². The average molecular weight is 528 g/mol. The number of carboxylic acid groups (broad SMARTS) is 1. The van der Waals surface area contributed by atoms with Gasteiger partial charge in [0.15, 0.2) is 0 Å². The van der Waals surface area contributed by atoms with Gasteiger partial charge in [0.25, 0.3) is 0 Å². The molecule has 0 bridgehead atoms. The van der Waals surface area contributed by atoms with Crippen molar-refractivity contribution in [3.63, 3.8) is 0 Å².